The molecule has 3 rings (SSSR count). The number of rotatable bonds is 14. The maximum Gasteiger partial charge on any atom is 0.328 e. The zero-order valence-corrected chi connectivity index (χ0v) is 26.7. The van der Waals surface area contributed by atoms with Gasteiger partial charge in [-0.2, -0.15) is 0 Å². The number of carbonyl (C=O) groups is 3. The van der Waals surface area contributed by atoms with E-state index in [0.717, 1.165) is 25.7 Å². The Bertz CT molecular complexity index is 1290. The number of ether oxygens (including phenoxy) is 4. The quantitative estimate of drug-likeness (QED) is 0.152. The van der Waals surface area contributed by atoms with E-state index < -0.39 is 35.6 Å². The summed E-state index contributed by atoms with van der Waals surface area (Å²) < 4.78 is 22.4. The predicted molar refractivity (Wildman–Crippen MR) is 164 cm³/mol. The summed E-state index contributed by atoms with van der Waals surface area (Å²) in [6.07, 6.45) is 5.52. The minimum Gasteiger partial charge on any atom is -0.497 e. The monoisotopic (exact) mass is 597 g/mol. The number of hydrogen-bond donors (Lipinski definition) is 0. The maximum atomic E-state index is 14.0. The summed E-state index contributed by atoms with van der Waals surface area (Å²) in [4.78, 5) is 50.8. The molecule has 43 heavy (non-hydrogen) atoms. The zero-order chi connectivity index (χ0) is 31.7. The third-order valence-corrected chi connectivity index (χ3v) is 7.35. The van der Waals surface area contributed by atoms with Crippen molar-refractivity contribution < 1.29 is 33.3 Å². The van der Waals surface area contributed by atoms with Crippen LogP contribution in [0.5, 0.6) is 11.6 Å². The molecule has 0 spiro atoms. The Morgan fingerprint density at radius 1 is 1.09 bits per heavy atom. The Kier molecular flexibility index (Phi) is 11.9. The van der Waals surface area contributed by atoms with Crippen molar-refractivity contribution >= 4 is 28.9 Å². The summed E-state index contributed by atoms with van der Waals surface area (Å²) in [5.41, 5.74) is 1.34. The lowest BCUT2D eigenvalue weighted by Crippen LogP contribution is -2.45. The molecule has 1 fully saturated rings. The third kappa shape index (κ3) is 9.40. The van der Waals surface area contributed by atoms with Crippen molar-refractivity contribution in [3.05, 3.63) is 36.5 Å². The van der Waals surface area contributed by atoms with Gasteiger partial charge in [-0.3, -0.25) is 9.59 Å². The van der Waals surface area contributed by atoms with E-state index in [1.165, 1.54) is 12.0 Å². The number of carbonyl (C=O) groups excluding carboxylic acids is 3. The molecule has 2 heterocycles. The van der Waals surface area contributed by atoms with Crippen LogP contribution in [0.2, 0.25) is 0 Å². The summed E-state index contributed by atoms with van der Waals surface area (Å²) in [5.74, 6) is -0.871. The van der Waals surface area contributed by atoms with Gasteiger partial charge in [0.2, 0.25) is 11.8 Å². The first-order chi connectivity index (χ1) is 20.4. The van der Waals surface area contributed by atoms with Gasteiger partial charge >= 0.3 is 11.9 Å². The number of methoxy groups -OCH3 is 2. The fraction of sp³-hybridized carbons (Fsp3) is 0.606. The van der Waals surface area contributed by atoms with E-state index in [0.29, 0.717) is 34.8 Å². The van der Waals surface area contributed by atoms with Gasteiger partial charge in [0, 0.05) is 24.3 Å². The summed E-state index contributed by atoms with van der Waals surface area (Å²) in [6, 6.07) is 4.62. The Labute approximate surface area is 255 Å². The van der Waals surface area contributed by atoms with Gasteiger partial charge in [-0.05, 0) is 52.2 Å². The van der Waals surface area contributed by atoms with Crippen LogP contribution in [0.15, 0.2) is 30.9 Å². The molecule has 1 amide bonds. The first-order valence-corrected chi connectivity index (χ1v) is 15.1. The number of unbranched alkanes of at least 4 members (excludes halogenated alkanes) is 3. The number of likely N-dealkylation sites (tertiary alicyclic amines) is 1. The minimum atomic E-state index is -0.847. The Morgan fingerprint density at radius 2 is 1.84 bits per heavy atom. The second-order valence-corrected chi connectivity index (χ2v) is 12.3. The van der Waals surface area contributed by atoms with Crippen LogP contribution >= 0.6 is 0 Å². The van der Waals surface area contributed by atoms with Crippen LogP contribution in [0.1, 0.15) is 91.2 Å². The molecule has 1 aliphatic heterocycles. The molecular formula is C33H47N3O7. The van der Waals surface area contributed by atoms with Gasteiger partial charge in [0.05, 0.1) is 38.2 Å². The van der Waals surface area contributed by atoms with Gasteiger partial charge in [0.1, 0.15) is 29.2 Å². The van der Waals surface area contributed by atoms with E-state index in [-0.39, 0.29) is 31.2 Å². The molecule has 1 aromatic carbocycles. The fourth-order valence-corrected chi connectivity index (χ4v) is 5.25. The van der Waals surface area contributed by atoms with Crippen molar-refractivity contribution in [1.82, 2.24) is 14.9 Å². The first-order valence-electron chi connectivity index (χ1n) is 15.1. The van der Waals surface area contributed by atoms with Crippen LogP contribution in [0.25, 0.3) is 11.0 Å². The summed E-state index contributed by atoms with van der Waals surface area (Å²) in [5, 5.41) is 0. The second kappa shape index (κ2) is 15.2. The van der Waals surface area contributed by atoms with Crippen molar-refractivity contribution in [1.29, 1.82) is 0 Å². The molecule has 0 radical (unpaired) electrons. The number of amides is 1. The summed E-state index contributed by atoms with van der Waals surface area (Å²) >= 11 is 0. The molecule has 236 valence electrons. The van der Waals surface area contributed by atoms with E-state index in [9.17, 15) is 14.4 Å². The molecule has 1 aliphatic rings. The lowest BCUT2D eigenvalue weighted by molar-refractivity contribution is -0.159. The summed E-state index contributed by atoms with van der Waals surface area (Å²) in [7, 11) is 2.89. The predicted octanol–water partition coefficient (Wildman–Crippen LogP) is 5.77. The molecular weight excluding hydrogens is 550 g/mol. The Balaban J connectivity index is 1.87. The Morgan fingerprint density at radius 3 is 2.47 bits per heavy atom. The van der Waals surface area contributed by atoms with Crippen LogP contribution in [-0.4, -0.2) is 71.2 Å². The maximum absolute atomic E-state index is 14.0. The number of esters is 2. The van der Waals surface area contributed by atoms with Crippen LogP contribution < -0.4 is 9.47 Å². The van der Waals surface area contributed by atoms with E-state index in [4.69, 9.17) is 28.9 Å². The summed E-state index contributed by atoms with van der Waals surface area (Å²) in [6.45, 7) is 13.3. The molecule has 1 aromatic heterocycles. The molecule has 0 aliphatic carbocycles. The van der Waals surface area contributed by atoms with Gasteiger partial charge in [-0.25, -0.2) is 14.8 Å². The zero-order valence-electron chi connectivity index (χ0n) is 26.7. The van der Waals surface area contributed by atoms with Gasteiger partial charge in [-0.15, -0.1) is 6.58 Å². The van der Waals surface area contributed by atoms with Gasteiger partial charge in [-0.1, -0.05) is 32.8 Å². The number of nitrogens with zero attached hydrogens (tertiary/aromatic N) is 3. The molecule has 0 bridgehead atoms. The number of benzene rings is 1. The van der Waals surface area contributed by atoms with Gasteiger partial charge in [0.15, 0.2) is 0 Å². The molecule has 0 unspecified atom stereocenters. The molecule has 0 saturated carbocycles. The minimum absolute atomic E-state index is 0.0174. The lowest BCUT2D eigenvalue weighted by atomic mass is 9.95. The molecule has 10 heteroatoms. The average Bonchev–Trinajstić information content (AvgIpc) is 3.37. The Hall–Kier alpha value is -3.69. The molecule has 1 saturated heterocycles. The van der Waals surface area contributed by atoms with E-state index in [1.807, 2.05) is 32.1 Å². The van der Waals surface area contributed by atoms with Crippen LogP contribution in [0.3, 0.4) is 0 Å². The van der Waals surface area contributed by atoms with Gasteiger partial charge in [0.25, 0.3) is 0 Å². The highest BCUT2D eigenvalue weighted by Crippen LogP contribution is 2.32. The largest absolute Gasteiger partial charge is 0.497 e. The SMILES string of the molecule is C=CCCCCC[C@H](CC(=O)OC(C)(C)C)C(=O)N1C[C@H](Oc2nc3cc(OC)ccc3nc2C(C)C)C[C@H]1C(=O)OC. The fourth-order valence-electron chi connectivity index (χ4n) is 5.25. The van der Waals surface area contributed by atoms with Crippen molar-refractivity contribution in [2.45, 2.75) is 103 Å². The topological polar surface area (TPSA) is 117 Å². The number of fused-ring (bicyclic) bond motifs is 1. The van der Waals surface area contributed by atoms with E-state index >= 15 is 0 Å². The molecule has 3 atom stereocenters. The van der Waals surface area contributed by atoms with Crippen LogP contribution in [-0.2, 0) is 23.9 Å². The van der Waals surface area contributed by atoms with Crippen molar-refractivity contribution in [2.75, 3.05) is 20.8 Å². The average molecular weight is 598 g/mol. The third-order valence-electron chi connectivity index (χ3n) is 7.35. The number of allylic oxidation sites excluding steroid dienone is 1. The number of hydrogen-bond acceptors (Lipinski definition) is 9. The molecule has 2 aromatic rings. The van der Waals surface area contributed by atoms with Crippen LogP contribution in [0, 0.1) is 5.92 Å². The smallest absolute Gasteiger partial charge is 0.328 e. The molecule has 10 nitrogen and oxygen atoms in total. The number of aromatic nitrogens is 2. The van der Waals surface area contributed by atoms with Crippen molar-refractivity contribution in [3.63, 3.8) is 0 Å². The molecule has 0 N–H and O–H groups in total. The lowest BCUT2D eigenvalue weighted by Gasteiger charge is -2.28. The van der Waals surface area contributed by atoms with E-state index in [2.05, 4.69) is 6.58 Å². The highest BCUT2D eigenvalue weighted by atomic mass is 16.6. The van der Waals surface area contributed by atoms with E-state index in [1.54, 1.807) is 33.9 Å². The normalized spacial score (nSPS) is 17.5. The highest BCUT2D eigenvalue weighted by molar-refractivity contribution is 5.89. The highest BCUT2D eigenvalue weighted by Gasteiger charge is 2.44. The first kappa shape index (κ1) is 33.8. The van der Waals surface area contributed by atoms with Crippen molar-refractivity contribution in [3.8, 4) is 11.6 Å². The van der Waals surface area contributed by atoms with Crippen molar-refractivity contribution in [2.24, 2.45) is 5.92 Å². The van der Waals surface area contributed by atoms with Gasteiger partial charge < -0.3 is 23.8 Å². The standard InChI is InChI=1S/C33H47N3O7/c1-9-10-11-12-13-14-22(17-28(37)43-33(4,5)6)31(38)36-20-24(19-27(36)32(39)41-8)42-30-29(21(2)3)34-25-16-15-23(40-7)18-26(25)35-30/h9,15-16,18,21-22,24,27H,1,10-14,17,19-20H2,2-8H3/t22-,24-,27+/m1/s1. The second-order valence-electron chi connectivity index (χ2n) is 12.3. The van der Waals surface area contributed by atoms with Crippen LogP contribution in [0.4, 0.5) is 0 Å².